The first-order valence-electron chi connectivity index (χ1n) is 7.04. The number of halogens is 1. The molecule has 2 N–H and O–H groups in total. The SMILES string of the molecule is Cc1c(Br)cccc1NC(=O)c1ccc2c(c1)CNCC2. The number of anilines is 1. The minimum atomic E-state index is -0.0652. The van der Waals surface area contributed by atoms with Crippen LogP contribution in [0.3, 0.4) is 0 Å². The molecule has 0 aromatic heterocycles. The highest BCUT2D eigenvalue weighted by atomic mass is 79.9. The molecule has 1 aliphatic heterocycles. The van der Waals surface area contributed by atoms with E-state index >= 15 is 0 Å². The maximum atomic E-state index is 12.4. The third-order valence-electron chi connectivity index (χ3n) is 3.87. The van der Waals surface area contributed by atoms with Crippen LogP contribution in [0.2, 0.25) is 0 Å². The van der Waals surface area contributed by atoms with Crippen LogP contribution in [0.25, 0.3) is 0 Å². The summed E-state index contributed by atoms with van der Waals surface area (Å²) in [5.41, 5.74) is 5.14. The Bertz CT molecular complexity index is 697. The molecule has 108 valence electrons. The quantitative estimate of drug-likeness (QED) is 0.872. The topological polar surface area (TPSA) is 41.1 Å². The van der Waals surface area contributed by atoms with Crippen LogP contribution < -0.4 is 10.6 Å². The number of carbonyl (C=O) groups excluding carboxylic acids is 1. The van der Waals surface area contributed by atoms with Crippen LogP contribution in [-0.2, 0) is 13.0 Å². The molecule has 0 radical (unpaired) electrons. The monoisotopic (exact) mass is 344 g/mol. The van der Waals surface area contributed by atoms with Gasteiger partial charge in [0.25, 0.3) is 5.91 Å². The molecule has 0 fully saturated rings. The fraction of sp³-hybridized carbons (Fsp3) is 0.235. The van der Waals surface area contributed by atoms with E-state index in [1.165, 1.54) is 11.1 Å². The number of amides is 1. The van der Waals surface area contributed by atoms with Crippen molar-refractivity contribution in [2.24, 2.45) is 0 Å². The number of rotatable bonds is 2. The summed E-state index contributed by atoms with van der Waals surface area (Å²) in [5.74, 6) is -0.0652. The van der Waals surface area contributed by atoms with E-state index in [9.17, 15) is 4.79 Å². The first kappa shape index (κ1) is 14.3. The van der Waals surface area contributed by atoms with Crippen LogP contribution in [-0.4, -0.2) is 12.5 Å². The highest BCUT2D eigenvalue weighted by molar-refractivity contribution is 9.10. The first-order chi connectivity index (χ1) is 10.1. The normalized spacial score (nSPS) is 13.6. The van der Waals surface area contributed by atoms with E-state index in [4.69, 9.17) is 0 Å². The summed E-state index contributed by atoms with van der Waals surface area (Å²) in [4.78, 5) is 12.4. The average Bonchev–Trinajstić information content (AvgIpc) is 2.51. The van der Waals surface area contributed by atoms with Crippen LogP contribution in [0.1, 0.15) is 27.0 Å². The Morgan fingerprint density at radius 1 is 1.24 bits per heavy atom. The van der Waals surface area contributed by atoms with E-state index in [-0.39, 0.29) is 5.91 Å². The van der Waals surface area contributed by atoms with Crippen molar-refractivity contribution in [1.82, 2.24) is 5.32 Å². The third-order valence-corrected chi connectivity index (χ3v) is 4.73. The number of hydrogen-bond acceptors (Lipinski definition) is 2. The molecular weight excluding hydrogens is 328 g/mol. The van der Waals surface area contributed by atoms with Crippen molar-refractivity contribution in [2.75, 3.05) is 11.9 Å². The number of nitrogens with one attached hydrogen (secondary N) is 2. The number of hydrogen-bond donors (Lipinski definition) is 2. The molecule has 1 amide bonds. The van der Waals surface area contributed by atoms with Crippen molar-refractivity contribution in [3.63, 3.8) is 0 Å². The third kappa shape index (κ3) is 3.01. The largest absolute Gasteiger partial charge is 0.322 e. The van der Waals surface area contributed by atoms with E-state index in [2.05, 4.69) is 32.6 Å². The van der Waals surface area contributed by atoms with Gasteiger partial charge in [0.15, 0.2) is 0 Å². The second kappa shape index (κ2) is 6.00. The van der Waals surface area contributed by atoms with E-state index < -0.39 is 0 Å². The van der Waals surface area contributed by atoms with Gasteiger partial charge in [0, 0.05) is 22.3 Å². The van der Waals surface area contributed by atoms with Crippen molar-refractivity contribution in [3.8, 4) is 0 Å². The van der Waals surface area contributed by atoms with Crippen molar-refractivity contribution >= 4 is 27.5 Å². The van der Waals surface area contributed by atoms with Gasteiger partial charge in [0.1, 0.15) is 0 Å². The zero-order valence-electron chi connectivity index (χ0n) is 11.9. The number of benzene rings is 2. The van der Waals surface area contributed by atoms with Crippen LogP contribution in [0, 0.1) is 6.92 Å². The molecule has 0 atom stereocenters. The van der Waals surface area contributed by atoms with Crippen LogP contribution in [0.5, 0.6) is 0 Å². The minimum absolute atomic E-state index is 0.0652. The first-order valence-corrected chi connectivity index (χ1v) is 7.83. The van der Waals surface area contributed by atoms with Gasteiger partial charge in [0.2, 0.25) is 0 Å². The molecule has 1 aliphatic rings. The van der Waals surface area contributed by atoms with Crippen LogP contribution in [0.4, 0.5) is 5.69 Å². The summed E-state index contributed by atoms with van der Waals surface area (Å²) in [7, 11) is 0. The van der Waals surface area contributed by atoms with Gasteiger partial charge in [-0.25, -0.2) is 0 Å². The van der Waals surface area contributed by atoms with E-state index in [0.29, 0.717) is 5.56 Å². The van der Waals surface area contributed by atoms with E-state index in [1.54, 1.807) is 0 Å². The molecule has 1 heterocycles. The number of carbonyl (C=O) groups is 1. The highest BCUT2D eigenvalue weighted by Gasteiger charge is 2.13. The second-order valence-electron chi connectivity index (χ2n) is 5.28. The summed E-state index contributed by atoms with van der Waals surface area (Å²) in [6, 6.07) is 11.8. The maximum Gasteiger partial charge on any atom is 0.255 e. The van der Waals surface area contributed by atoms with Crippen molar-refractivity contribution in [3.05, 3.63) is 63.1 Å². The summed E-state index contributed by atoms with van der Waals surface area (Å²) in [6.07, 6.45) is 1.03. The van der Waals surface area contributed by atoms with Gasteiger partial charge in [-0.2, -0.15) is 0 Å². The Labute approximate surface area is 132 Å². The second-order valence-corrected chi connectivity index (χ2v) is 6.13. The molecule has 0 saturated carbocycles. The maximum absolute atomic E-state index is 12.4. The summed E-state index contributed by atoms with van der Waals surface area (Å²) in [5, 5.41) is 6.32. The molecule has 0 bridgehead atoms. The molecule has 0 spiro atoms. The summed E-state index contributed by atoms with van der Waals surface area (Å²) >= 11 is 3.48. The molecular formula is C17H17BrN2O. The zero-order valence-corrected chi connectivity index (χ0v) is 13.5. The lowest BCUT2D eigenvalue weighted by molar-refractivity contribution is 0.102. The van der Waals surface area contributed by atoms with Crippen molar-refractivity contribution in [2.45, 2.75) is 19.9 Å². The van der Waals surface area contributed by atoms with Gasteiger partial charge in [-0.3, -0.25) is 4.79 Å². The molecule has 3 nitrogen and oxygen atoms in total. The average molecular weight is 345 g/mol. The predicted octanol–water partition coefficient (Wildman–Crippen LogP) is 3.66. The van der Waals surface area contributed by atoms with Gasteiger partial charge in [-0.1, -0.05) is 28.1 Å². The molecule has 3 rings (SSSR count). The summed E-state index contributed by atoms with van der Waals surface area (Å²) < 4.78 is 0.995. The lowest BCUT2D eigenvalue weighted by atomic mass is 9.98. The van der Waals surface area contributed by atoms with Crippen molar-refractivity contribution in [1.29, 1.82) is 0 Å². The minimum Gasteiger partial charge on any atom is -0.322 e. The van der Waals surface area contributed by atoms with Gasteiger partial charge < -0.3 is 10.6 Å². The van der Waals surface area contributed by atoms with Gasteiger partial charge in [-0.15, -0.1) is 0 Å². The highest BCUT2D eigenvalue weighted by Crippen LogP contribution is 2.24. The zero-order chi connectivity index (χ0) is 14.8. The van der Waals surface area contributed by atoms with Crippen LogP contribution >= 0.6 is 15.9 Å². The van der Waals surface area contributed by atoms with E-state index in [1.807, 2.05) is 37.3 Å². The molecule has 21 heavy (non-hydrogen) atoms. The standard InChI is InChI=1S/C17H17BrN2O/c1-11-15(18)3-2-4-16(11)20-17(21)13-6-5-12-7-8-19-10-14(12)9-13/h2-6,9,19H,7-8,10H2,1H3,(H,20,21). The van der Waals surface area contributed by atoms with E-state index in [0.717, 1.165) is 35.2 Å². The Morgan fingerprint density at radius 3 is 2.95 bits per heavy atom. The molecule has 0 saturated heterocycles. The molecule has 4 heteroatoms. The fourth-order valence-corrected chi connectivity index (χ4v) is 2.93. The Kier molecular flexibility index (Phi) is 4.08. The fourth-order valence-electron chi connectivity index (χ4n) is 2.56. The lowest BCUT2D eigenvalue weighted by Gasteiger charge is -2.18. The molecule has 2 aromatic carbocycles. The molecule has 0 unspecified atom stereocenters. The predicted molar refractivity (Wildman–Crippen MR) is 88.7 cm³/mol. The Balaban J connectivity index is 1.84. The van der Waals surface area contributed by atoms with Gasteiger partial charge in [0.05, 0.1) is 0 Å². The van der Waals surface area contributed by atoms with Crippen LogP contribution in [0.15, 0.2) is 40.9 Å². The molecule has 2 aromatic rings. The van der Waals surface area contributed by atoms with Gasteiger partial charge in [-0.05, 0) is 60.8 Å². The Morgan fingerprint density at radius 2 is 2.10 bits per heavy atom. The molecule has 0 aliphatic carbocycles. The smallest absolute Gasteiger partial charge is 0.255 e. The summed E-state index contributed by atoms with van der Waals surface area (Å²) in [6.45, 7) is 3.83. The van der Waals surface area contributed by atoms with Crippen molar-refractivity contribution < 1.29 is 4.79 Å². The lowest BCUT2D eigenvalue weighted by Crippen LogP contribution is -2.24. The Hall–Kier alpha value is -1.65. The van der Waals surface area contributed by atoms with Gasteiger partial charge >= 0.3 is 0 Å². The number of fused-ring (bicyclic) bond motifs is 1.